The second kappa shape index (κ2) is 5.29. The topological polar surface area (TPSA) is 21.7 Å². The lowest BCUT2D eigenvalue weighted by molar-refractivity contribution is -0.239. The molecule has 1 fully saturated rings. The Morgan fingerprint density at radius 3 is 2.50 bits per heavy atom. The number of hydrogen-bond donors (Lipinski definition) is 0. The molecular formula is C15H23NO2. The van der Waals surface area contributed by atoms with Gasteiger partial charge in [0.25, 0.3) is 0 Å². The molecule has 0 aliphatic carbocycles. The third kappa shape index (κ3) is 3.24. The fourth-order valence-corrected chi connectivity index (χ4v) is 2.40. The van der Waals surface area contributed by atoms with Gasteiger partial charge in [-0.1, -0.05) is 18.2 Å². The minimum absolute atomic E-state index is 0.142. The van der Waals surface area contributed by atoms with Crippen molar-refractivity contribution in [3.8, 4) is 0 Å². The number of nitrogens with zero attached hydrogens (tertiary/aromatic N) is 1. The van der Waals surface area contributed by atoms with E-state index in [1.807, 2.05) is 19.9 Å². The van der Waals surface area contributed by atoms with Crippen LogP contribution in [0.25, 0.3) is 0 Å². The normalized spacial score (nSPS) is 28.6. The zero-order valence-corrected chi connectivity index (χ0v) is 11.7. The van der Waals surface area contributed by atoms with Crippen molar-refractivity contribution in [2.45, 2.75) is 45.6 Å². The van der Waals surface area contributed by atoms with Gasteiger partial charge in [-0.15, -0.1) is 0 Å². The molecule has 2 rings (SSSR count). The smallest absolute Gasteiger partial charge is 0.163 e. The van der Waals surface area contributed by atoms with E-state index in [0.717, 1.165) is 6.54 Å². The minimum Gasteiger partial charge on any atom is -0.364 e. The van der Waals surface area contributed by atoms with Gasteiger partial charge >= 0.3 is 0 Å². The van der Waals surface area contributed by atoms with Crippen LogP contribution in [0.3, 0.4) is 0 Å². The molecule has 1 aromatic carbocycles. The van der Waals surface area contributed by atoms with Crippen LogP contribution >= 0.6 is 0 Å². The monoisotopic (exact) mass is 249 g/mol. The molecule has 0 saturated carbocycles. The highest BCUT2D eigenvalue weighted by Crippen LogP contribution is 2.24. The SMILES string of the molecule is C[C@@H]1CN(c2ccccc2)[C@@H](C)COC(C)(C)O1. The summed E-state index contributed by atoms with van der Waals surface area (Å²) in [5, 5.41) is 0. The van der Waals surface area contributed by atoms with Crippen LogP contribution in [0.4, 0.5) is 5.69 Å². The fraction of sp³-hybridized carbons (Fsp3) is 0.600. The van der Waals surface area contributed by atoms with Crippen molar-refractivity contribution in [1.82, 2.24) is 0 Å². The molecule has 1 heterocycles. The van der Waals surface area contributed by atoms with E-state index in [1.165, 1.54) is 5.69 Å². The lowest BCUT2D eigenvalue weighted by Crippen LogP contribution is -2.49. The van der Waals surface area contributed by atoms with E-state index < -0.39 is 5.79 Å². The van der Waals surface area contributed by atoms with Crippen LogP contribution in [0.15, 0.2) is 30.3 Å². The molecule has 1 aromatic rings. The van der Waals surface area contributed by atoms with Crippen molar-refractivity contribution in [2.75, 3.05) is 18.1 Å². The zero-order valence-electron chi connectivity index (χ0n) is 11.7. The maximum atomic E-state index is 5.91. The van der Waals surface area contributed by atoms with Gasteiger partial charge in [-0.2, -0.15) is 0 Å². The molecule has 0 aromatic heterocycles. The van der Waals surface area contributed by atoms with Gasteiger partial charge in [0.05, 0.1) is 12.7 Å². The van der Waals surface area contributed by atoms with Crippen LogP contribution in [-0.4, -0.2) is 31.1 Å². The third-order valence-electron chi connectivity index (χ3n) is 3.23. The average Bonchev–Trinajstić information content (AvgIpc) is 2.32. The highest BCUT2D eigenvalue weighted by molar-refractivity contribution is 5.47. The number of rotatable bonds is 1. The van der Waals surface area contributed by atoms with Crippen LogP contribution in [0, 0.1) is 0 Å². The number of anilines is 1. The van der Waals surface area contributed by atoms with Gasteiger partial charge in [0, 0.05) is 18.3 Å². The quantitative estimate of drug-likeness (QED) is 0.763. The summed E-state index contributed by atoms with van der Waals surface area (Å²) in [4.78, 5) is 2.35. The Kier molecular flexibility index (Phi) is 3.93. The van der Waals surface area contributed by atoms with Crippen LogP contribution in [-0.2, 0) is 9.47 Å². The number of ether oxygens (including phenoxy) is 2. The van der Waals surface area contributed by atoms with Gasteiger partial charge in [-0.05, 0) is 39.8 Å². The van der Waals surface area contributed by atoms with Crippen molar-refractivity contribution in [1.29, 1.82) is 0 Å². The molecule has 1 aliphatic heterocycles. The second-order valence-corrected chi connectivity index (χ2v) is 5.48. The molecule has 3 nitrogen and oxygen atoms in total. The van der Waals surface area contributed by atoms with Gasteiger partial charge in [0.1, 0.15) is 0 Å². The summed E-state index contributed by atoms with van der Waals surface area (Å²) in [5.74, 6) is -0.490. The first-order chi connectivity index (χ1) is 8.48. The Morgan fingerprint density at radius 1 is 1.17 bits per heavy atom. The molecule has 1 saturated heterocycles. The van der Waals surface area contributed by atoms with E-state index in [2.05, 4.69) is 43.0 Å². The van der Waals surface area contributed by atoms with Gasteiger partial charge in [0.2, 0.25) is 0 Å². The largest absolute Gasteiger partial charge is 0.364 e. The van der Waals surface area contributed by atoms with Crippen LogP contribution in [0.5, 0.6) is 0 Å². The molecule has 0 radical (unpaired) electrons. The Balaban J connectivity index is 2.16. The van der Waals surface area contributed by atoms with Gasteiger partial charge in [0.15, 0.2) is 5.79 Å². The molecular weight excluding hydrogens is 226 g/mol. The van der Waals surface area contributed by atoms with E-state index >= 15 is 0 Å². The summed E-state index contributed by atoms with van der Waals surface area (Å²) in [7, 11) is 0. The van der Waals surface area contributed by atoms with Crippen LogP contribution in [0.2, 0.25) is 0 Å². The van der Waals surface area contributed by atoms with E-state index in [0.29, 0.717) is 12.6 Å². The lowest BCUT2D eigenvalue weighted by Gasteiger charge is -2.40. The molecule has 0 bridgehead atoms. The lowest BCUT2D eigenvalue weighted by atomic mass is 10.2. The van der Waals surface area contributed by atoms with E-state index in [-0.39, 0.29) is 6.10 Å². The third-order valence-corrected chi connectivity index (χ3v) is 3.23. The molecule has 2 atom stereocenters. The highest BCUT2D eigenvalue weighted by atomic mass is 16.7. The first-order valence-corrected chi connectivity index (χ1v) is 6.61. The Hall–Kier alpha value is -1.06. The van der Waals surface area contributed by atoms with Crippen molar-refractivity contribution in [3.05, 3.63) is 30.3 Å². The summed E-state index contributed by atoms with van der Waals surface area (Å²) in [6.45, 7) is 9.82. The minimum atomic E-state index is -0.490. The van der Waals surface area contributed by atoms with Crippen molar-refractivity contribution < 1.29 is 9.47 Å². The Morgan fingerprint density at radius 2 is 1.83 bits per heavy atom. The maximum absolute atomic E-state index is 5.91. The van der Waals surface area contributed by atoms with E-state index in [9.17, 15) is 0 Å². The molecule has 100 valence electrons. The second-order valence-electron chi connectivity index (χ2n) is 5.48. The Bertz CT molecular complexity index is 377. The van der Waals surface area contributed by atoms with Gasteiger partial charge in [-0.25, -0.2) is 0 Å². The van der Waals surface area contributed by atoms with Crippen molar-refractivity contribution in [3.63, 3.8) is 0 Å². The predicted molar refractivity (Wildman–Crippen MR) is 73.8 cm³/mol. The van der Waals surface area contributed by atoms with Crippen molar-refractivity contribution >= 4 is 5.69 Å². The first kappa shape index (κ1) is 13.4. The number of hydrogen-bond acceptors (Lipinski definition) is 3. The number of benzene rings is 1. The molecule has 0 N–H and O–H groups in total. The summed E-state index contributed by atoms with van der Waals surface area (Å²) < 4.78 is 11.8. The Labute approximate surface area is 110 Å². The zero-order chi connectivity index (χ0) is 13.2. The molecule has 0 spiro atoms. The van der Waals surface area contributed by atoms with Gasteiger partial charge in [-0.3, -0.25) is 0 Å². The first-order valence-electron chi connectivity index (χ1n) is 6.61. The number of para-hydroxylation sites is 1. The summed E-state index contributed by atoms with van der Waals surface area (Å²) in [5.41, 5.74) is 1.23. The average molecular weight is 249 g/mol. The maximum Gasteiger partial charge on any atom is 0.163 e. The fourth-order valence-electron chi connectivity index (χ4n) is 2.40. The van der Waals surface area contributed by atoms with E-state index in [1.54, 1.807) is 0 Å². The molecule has 3 heteroatoms. The van der Waals surface area contributed by atoms with Gasteiger partial charge < -0.3 is 14.4 Å². The molecule has 1 aliphatic rings. The van der Waals surface area contributed by atoms with E-state index in [4.69, 9.17) is 9.47 Å². The summed E-state index contributed by atoms with van der Waals surface area (Å²) >= 11 is 0. The summed E-state index contributed by atoms with van der Waals surface area (Å²) in [6, 6.07) is 10.8. The van der Waals surface area contributed by atoms with Crippen LogP contribution < -0.4 is 4.90 Å². The molecule has 0 amide bonds. The van der Waals surface area contributed by atoms with Crippen LogP contribution in [0.1, 0.15) is 27.7 Å². The predicted octanol–water partition coefficient (Wildman–Crippen LogP) is 3.05. The summed E-state index contributed by atoms with van der Waals surface area (Å²) in [6.07, 6.45) is 0.142. The molecule has 0 unspecified atom stereocenters. The molecule has 18 heavy (non-hydrogen) atoms. The standard InChI is InChI=1S/C15H23NO2/c1-12-11-17-15(3,4)18-13(2)10-16(12)14-8-6-5-7-9-14/h5-9,12-13H,10-11H2,1-4H3/t12-,13+/m0/s1. The highest BCUT2D eigenvalue weighted by Gasteiger charge is 2.29. The van der Waals surface area contributed by atoms with Crippen molar-refractivity contribution in [2.24, 2.45) is 0 Å².